The maximum atomic E-state index is 13.2. The van der Waals surface area contributed by atoms with Crippen LogP contribution in [0.3, 0.4) is 0 Å². The Balaban J connectivity index is 1.84. The lowest BCUT2D eigenvalue weighted by Crippen LogP contribution is -2.48. The molecule has 0 radical (unpaired) electrons. The molecule has 7 nitrogen and oxygen atoms in total. The van der Waals surface area contributed by atoms with Crippen LogP contribution < -0.4 is 11.5 Å². The van der Waals surface area contributed by atoms with Gasteiger partial charge >= 0.3 is 0 Å². The number of likely N-dealkylation sites (N-methyl/N-ethyl adjacent to an activating group) is 1. The summed E-state index contributed by atoms with van der Waals surface area (Å²) in [5, 5.41) is 10.3. The molecule has 148 valence electrons. The summed E-state index contributed by atoms with van der Waals surface area (Å²) in [5.74, 6) is 0.0630. The van der Waals surface area contributed by atoms with Gasteiger partial charge in [0, 0.05) is 37.1 Å². The van der Waals surface area contributed by atoms with Crippen LogP contribution in [-0.4, -0.2) is 53.4 Å². The average molecular weight is 407 g/mol. The summed E-state index contributed by atoms with van der Waals surface area (Å²) in [4.78, 5) is 22.8. The minimum Gasteiger partial charge on any atom is -0.397 e. The fourth-order valence-corrected chi connectivity index (χ4v) is 4.83. The molecule has 1 saturated heterocycles. The van der Waals surface area contributed by atoms with Gasteiger partial charge in [-0.15, -0.1) is 11.3 Å². The first kappa shape index (κ1) is 19.2. The van der Waals surface area contributed by atoms with Crippen molar-refractivity contribution in [1.29, 1.82) is 5.26 Å². The number of hydrogen-bond acceptors (Lipinski definition) is 7. The molecule has 0 unspecified atom stereocenters. The minimum atomic E-state index is -0.0858. The molecule has 1 aliphatic rings. The molecule has 0 atom stereocenters. The van der Waals surface area contributed by atoms with E-state index < -0.39 is 0 Å². The molecule has 3 aromatic rings. The number of benzene rings is 1. The number of anilines is 2. The van der Waals surface area contributed by atoms with Crippen molar-refractivity contribution in [3.05, 3.63) is 40.8 Å². The van der Waals surface area contributed by atoms with Gasteiger partial charge in [-0.3, -0.25) is 4.79 Å². The van der Waals surface area contributed by atoms with E-state index in [2.05, 4.69) is 22.9 Å². The predicted molar refractivity (Wildman–Crippen MR) is 117 cm³/mol. The maximum absolute atomic E-state index is 13.2. The van der Waals surface area contributed by atoms with E-state index in [0.717, 1.165) is 25.2 Å². The number of nitrogens with zero attached hydrogens (tertiary/aromatic N) is 4. The molecule has 2 aromatic heterocycles. The van der Waals surface area contributed by atoms with E-state index in [4.69, 9.17) is 11.5 Å². The van der Waals surface area contributed by atoms with Crippen LogP contribution in [0.5, 0.6) is 0 Å². The molecule has 29 heavy (non-hydrogen) atoms. The second kappa shape index (κ2) is 7.70. The van der Waals surface area contributed by atoms with Crippen molar-refractivity contribution in [2.75, 3.05) is 44.2 Å². The number of nitrogens with two attached hydrogens (primary N) is 2. The number of piperazine rings is 1. The molecule has 0 bridgehead atoms. The molecule has 3 heterocycles. The Hall–Kier alpha value is -3.15. The summed E-state index contributed by atoms with van der Waals surface area (Å²) in [5.41, 5.74) is 14.7. The van der Waals surface area contributed by atoms with Gasteiger partial charge in [-0.1, -0.05) is 37.3 Å². The number of carbonyl (C=O) groups is 1. The Labute approximate surface area is 173 Å². The zero-order valence-corrected chi connectivity index (χ0v) is 17.0. The highest BCUT2D eigenvalue weighted by atomic mass is 32.1. The van der Waals surface area contributed by atoms with Crippen LogP contribution in [0.1, 0.15) is 22.2 Å². The third kappa shape index (κ3) is 3.28. The summed E-state index contributed by atoms with van der Waals surface area (Å²) in [7, 11) is 0. The minimum absolute atomic E-state index is 0.0858. The summed E-state index contributed by atoms with van der Waals surface area (Å²) >= 11 is 1.24. The first-order valence-electron chi connectivity index (χ1n) is 9.53. The fourth-order valence-electron chi connectivity index (χ4n) is 3.75. The lowest BCUT2D eigenvalue weighted by Gasteiger charge is -2.33. The molecule has 1 fully saturated rings. The second-order valence-electron chi connectivity index (χ2n) is 6.98. The summed E-state index contributed by atoms with van der Waals surface area (Å²) in [6.07, 6.45) is 0. The van der Waals surface area contributed by atoms with Crippen molar-refractivity contribution in [2.24, 2.45) is 0 Å². The highest BCUT2D eigenvalue weighted by Gasteiger charge is 2.28. The van der Waals surface area contributed by atoms with Crippen LogP contribution >= 0.6 is 11.3 Å². The van der Waals surface area contributed by atoms with Crippen molar-refractivity contribution >= 4 is 39.0 Å². The molecular weight excluding hydrogens is 384 g/mol. The van der Waals surface area contributed by atoms with E-state index in [1.54, 1.807) is 0 Å². The first-order valence-corrected chi connectivity index (χ1v) is 10.3. The van der Waals surface area contributed by atoms with Crippen LogP contribution in [0.15, 0.2) is 30.3 Å². The number of fused-ring (bicyclic) bond motifs is 1. The molecule has 8 heteroatoms. The van der Waals surface area contributed by atoms with Crippen LogP contribution in [0, 0.1) is 11.3 Å². The predicted octanol–water partition coefficient (Wildman–Crippen LogP) is 2.78. The van der Waals surface area contributed by atoms with Crippen molar-refractivity contribution in [2.45, 2.75) is 6.92 Å². The molecule has 4 N–H and O–H groups in total. The number of carbonyl (C=O) groups excluding carboxylic acids is 1. The molecule has 1 aliphatic heterocycles. The molecule has 0 aliphatic carbocycles. The number of aromatic nitrogens is 1. The van der Waals surface area contributed by atoms with Crippen molar-refractivity contribution in [1.82, 2.24) is 14.8 Å². The molecule has 1 amide bonds. The zero-order valence-electron chi connectivity index (χ0n) is 16.2. The molecule has 0 saturated carbocycles. The lowest BCUT2D eigenvalue weighted by molar-refractivity contribution is 0.0649. The van der Waals surface area contributed by atoms with Gasteiger partial charge in [0.1, 0.15) is 27.2 Å². The molecule has 1 aromatic carbocycles. The highest BCUT2D eigenvalue weighted by Crippen LogP contribution is 2.42. The molecule has 4 rings (SSSR count). The quantitative estimate of drug-likeness (QED) is 0.692. The van der Waals surface area contributed by atoms with Crippen LogP contribution in [0.4, 0.5) is 11.5 Å². The molecular formula is C21H22N6OS. The SMILES string of the molecule is CCN1CCN(C(=O)c2sc3nc(N)c(C#N)c(-c4ccccc4)c3c2N)CC1. The first-order chi connectivity index (χ1) is 14.0. The smallest absolute Gasteiger partial charge is 0.266 e. The third-order valence-corrected chi connectivity index (χ3v) is 6.47. The van der Waals surface area contributed by atoms with Gasteiger partial charge in [-0.2, -0.15) is 5.26 Å². The Morgan fingerprint density at radius 3 is 2.52 bits per heavy atom. The van der Waals surface area contributed by atoms with Crippen molar-refractivity contribution in [3.8, 4) is 17.2 Å². The number of thiophene rings is 1. The van der Waals surface area contributed by atoms with Gasteiger partial charge in [-0.05, 0) is 12.1 Å². The van der Waals surface area contributed by atoms with Crippen LogP contribution in [0.2, 0.25) is 0 Å². The topological polar surface area (TPSA) is 112 Å². The van der Waals surface area contributed by atoms with Gasteiger partial charge in [-0.25, -0.2) is 4.98 Å². The van der Waals surface area contributed by atoms with Gasteiger partial charge in [0.05, 0.1) is 5.69 Å². The van der Waals surface area contributed by atoms with Crippen LogP contribution in [0.25, 0.3) is 21.3 Å². The van der Waals surface area contributed by atoms with E-state index in [0.29, 0.717) is 39.4 Å². The zero-order chi connectivity index (χ0) is 20.5. The number of pyridine rings is 1. The van der Waals surface area contributed by atoms with Crippen molar-refractivity contribution in [3.63, 3.8) is 0 Å². The maximum Gasteiger partial charge on any atom is 0.266 e. The Bertz CT molecular complexity index is 1110. The van der Waals surface area contributed by atoms with Crippen LogP contribution in [-0.2, 0) is 0 Å². The van der Waals surface area contributed by atoms with E-state index in [1.807, 2.05) is 35.2 Å². The molecule has 0 spiro atoms. The summed E-state index contributed by atoms with van der Waals surface area (Å²) < 4.78 is 0. The monoisotopic (exact) mass is 406 g/mol. The second-order valence-corrected chi connectivity index (χ2v) is 7.98. The average Bonchev–Trinajstić information content (AvgIpc) is 3.08. The Morgan fingerprint density at radius 1 is 1.21 bits per heavy atom. The van der Waals surface area contributed by atoms with E-state index in [-0.39, 0.29) is 17.3 Å². The van der Waals surface area contributed by atoms with E-state index >= 15 is 0 Å². The fraction of sp³-hybridized carbons (Fsp3) is 0.286. The van der Waals surface area contributed by atoms with E-state index in [9.17, 15) is 10.1 Å². The Kier molecular flexibility index (Phi) is 5.09. The Morgan fingerprint density at radius 2 is 1.90 bits per heavy atom. The van der Waals surface area contributed by atoms with Gasteiger partial charge < -0.3 is 21.3 Å². The van der Waals surface area contributed by atoms with Crippen molar-refractivity contribution < 1.29 is 4.79 Å². The summed E-state index contributed by atoms with van der Waals surface area (Å²) in [6, 6.07) is 11.6. The number of nitrogen functional groups attached to an aromatic ring is 2. The number of hydrogen-bond donors (Lipinski definition) is 2. The summed E-state index contributed by atoms with van der Waals surface area (Å²) in [6.45, 7) is 6.15. The normalized spacial score (nSPS) is 14.8. The van der Waals surface area contributed by atoms with Gasteiger partial charge in [0.25, 0.3) is 5.91 Å². The third-order valence-electron chi connectivity index (χ3n) is 5.38. The van der Waals surface area contributed by atoms with E-state index in [1.165, 1.54) is 11.3 Å². The number of amides is 1. The number of nitriles is 1. The largest absolute Gasteiger partial charge is 0.397 e. The van der Waals surface area contributed by atoms with Gasteiger partial charge in [0.15, 0.2) is 0 Å². The standard InChI is InChI=1S/C21H22N6OS/c1-2-26-8-10-27(11-9-26)21(28)18-17(23)16-15(13-6-4-3-5-7-13)14(12-22)19(24)25-20(16)29-18/h3-7H,2,8-11,23H2,1H3,(H2,24,25). The lowest BCUT2D eigenvalue weighted by atomic mass is 9.97. The highest BCUT2D eigenvalue weighted by molar-refractivity contribution is 7.21. The number of rotatable bonds is 3. The van der Waals surface area contributed by atoms with Gasteiger partial charge in [0.2, 0.25) is 0 Å².